The molecule has 2 aliphatic rings. The van der Waals surface area contributed by atoms with Crippen molar-refractivity contribution >= 4 is 39.5 Å². The normalized spacial score (nSPS) is 18.1. The molecule has 200 valence electrons. The van der Waals surface area contributed by atoms with Gasteiger partial charge >= 0.3 is 0 Å². The first-order valence-corrected chi connectivity index (χ1v) is 14.5. The Morgan fingerprint density at radius 1 is 1.21 bits per heavy atom. The average molecular weight is 538 g/mol. The third kappa shape index (κ3) is 4.77. The second kappa shape index (κ2) is 10.4. The maximum Gasteiger partial charge on any atom is 0.250 e. The molecule has 39 heavy (non-hydrogen) atoms. The van der Waals surface area contributed by atoms with E-state index in [1.807, 2.05) is 11.0 Å². The highest BCUT2D eigenvalue weighted by Gasteiger charge is 2.36. The molecule has 6 rings (SSSR count). The van der Waals surface area contributed by atoms with Crippen molar-refractivity contribution in [1.82, 2.24) is 9.88 Å². The first-order valence-electron chi connectivity index (χ1n) is 13.5. The fraction of sp³-hybridized carbons (Fsp3) is 0.281. The molecule has 2 aromatic carbocycles. The number of thiophene rings is 1. The van der Waals surface area contributed by atoms with Crippen molar-refractivity contribution in [3.63, 3.8) is 0 Å². The molecule has 7 heteroatoms. The molecule has 1 fully saturated rings. The van der Waals surface area contributed by atoms with Gasteiger partial charge in [0.2, 0.25) is 5.91 Å². The quantitative estimate of drug-likeness (QED) is 0.312. The van der Waals surface area contributed by atoms with E-state index in [-0.39, 0.29) is 11.9 Å². The third-order valence-electron chi connectivity index (χ3n) is 8.02. The first kappa shape index (κ1) is 25.5. The van der Waals surface area contributed by atoms with Gasteiger partial charge in [-0.1, -0.05) is 43.5 Å². The zero-order chi connectivity index (χ0) is 27.1. The van der Waals surface area contributed by atoms with Crippen LogP contribution in [-0.2, 0) is 31.2 Å². The second-order valence-electron chi connectivity index (χ2n) is 10.7. The molecular weight excluding hydrogens is 502 g/mol. The van der Waals surface area contributed by atoms with Crippen LogP contribution in [0.25, 0.3) is 10.9 Å². The number of nitrogens with zero attached hydrogens (tertiary/aromatic N) is 3. The topological polar surface area (TPSA) is 66.5 Å². The molecule has 1 saturated heterocycles. The van der Waals surface area contributed by atoms with Gasteiger partial charge in [0.1, 0.15) is 6.04 Å². The number of allylic oxidation sites excluding steroid dienone is 1. The Hall–Kier alpha value is -3.81. The minimum absolute atomic E-state index is 0.0458. The summed E-state index contributed by atoms with van der Waals surface area (Å²) in [5.41, 5.74) is 15.2. The maximum absolute atomic E-state index is 14.1. The summed E-state index contributed by atoms with van der Waals surface area (Å²) in [6.45, 7) is 10.0. The molecule has 0 spiro atoms. The molecule has 0 radical (unpaired) electrons. The Balaban J connectivity index is 1.27. The fourth-order valence-corrected chi connectivity index (χ4v) is 6.68. The van der Waals surface area contributed by atoms with E-state index >= 15 is 0 Å². The van der Waals surface area contributed by atoms with E-state index in [9.17, 15) is 4.79 Å². The number of benzene rings is 2. The van der Waals surface area contributed by atoms with Gasteiger partial charge in [-0.05, 0) is 64.9 Å². The van der Waals surface area contributed by atoms with Crippen LogP contribution in [-0.4, -0.2) is 29.1 Å². The fourth-order valence-electron chi connectivity index (χ4n) is 6.02. The lowest BCUT2D eigenvalue weighted by Crippen LogP contribution is -2.52. The summed E-state index contributed by atoms with van der Waals surface area (Å²) in [7, 11) is 2.05. The molecule has 1 unspecified atom stereocenters. The van der Waals surface area contributed by atoms with Crippen molar-refractivity contribution in [2.75, 3.05) is 16.3 Å². The van der Waals surface area contributed by atoms with E-state index < -0.39 is 6.04 Å². The number of fused-ring (bicyclic) bond motifs is 2. The van der Waals surface area contributed by atoms with Crippen LogP contribution in [0.15, 0.2) is 90.0 Å². The summed E-state index contributed by atoms with van der Waals surface area (Å²) in [6, 6.07) is 16.0. The first-order chi connectivity index (χ1) is 18.9. The largest absolute Gasteiger partial charge is 0.376 e. The summed E-state index contributed by atoms with van der Waals surface area (Å²) in [6.07, 6.45) is 5.43. The average Bonchev–Trinajstić information content (AvgIpc) is 3.67. The van der Waals surface area contributed by atoms with Gasteiger partial charge in [-0.25, -0.2) is 0 Å². The molecule has 2 aliphatic heterocycles. The van der Waals surface area contributed by atoms with Crippen LogP contribution in [0.4, 0.5) is 11.4 Å². The number of para-hydroxylation sites is 2. The Bertz CT molecular complexity index is 1550. The van der Waals surface area contributed by atoms with Crippen LogP contribution in [0.3, 0.4) is 0 Å². The van der Waals surface area contributed by atoms with Crippen molar-refractivity contribution in [2.24, 2.45) is 12.8 Å². The lowest BCUT2D eigenvalue weighted by atomic mass is 9.94. The summed E-state index contributed by atoms with van der Waals surface area (Å²) in [5.74, 6) is 0.0458. The minimum atomic E-state index is -0.431. The van der Waals surface area contributed by atoms with Gasteiger partial charge in [-0.3, -0.25) is 4.79 Å². The number of nitrogens with two attached hydrogens (primary N) is 1. The third-order valence-corrected chi connectivity index (χ3v) is 8.76. The predicted octanol–water partition coefficient (Wildman–Crippen LogP) is 5.48. The highest BCUT2D eigenvalue weighted by Crippen LogP contribution is 2.41. The van der Waals surface area contributed by atoms with Crippen molar-refractivity contribution < 1.29 is 4.79 Å². The molecule has 3 N–H and O–H groups in total. The number of anilines is 2. The lowest BCUT2D eigenvalue weighted by molar-refractivity contribution is -0.121. The number of carbonyl (C=O) groups excluding carboxylic acids is 1. The van der Waals surface area contributed by atoms with Gasteiger partial charge in [-0.2, -0.15) is 11.3 Å². The Labute approximate surface area is 234 Å². The van der Waals surface area contributed by atoms with Crippen LogP contribution in [0.2, 0.25) is 0 Å². The van der Waals surface area contributed by atoms with Crippen LogP contribution in [0, 0.1) is 0 Å². The number of amides is 1. The number of aromatic nitrogens is 1. The monoisotopic (exact) mass is 537 g/mol. The Morgan fingerprint density at radius 3 is 2.82 bits per heavy atom. The number of hydrogen-bond acceptors (Lipinski definition) is 5. The molecular formula is C32H35N5OS. The van der Waals surface area contributed by atoms with E-state index in [2.05, 4.69) is 94.4 Å². The number of carbonyl (C=O) groups is 1. The maximum atomic E-state index is 14.1. The van der Waals surface area contributed by atoms with E-state index in [0.29, 0.717) is 25.1 Å². The lowest BCUT2D eigenvalue weighted by Gasteiger charge is -2.38. The standard InChI is InChI=1S/C32H35N5OS/c1-21-8-7-14-36(21)30-12-6-9-24-17-28(32(38)37(31(24)30)18-23-13-15-39-20-23)34-22(2)27(33)16-25-19-35(3)29-11-5-4-10-26(25)29/h4-6,9-13,15,19-20,27-28,34H,1-2,7-8,14,16-18,33H2,3H3/t27-,28?/m1/s1. The van der Waals surface area contributed by atoms with Gasteiger partial charge in [-0.15, -0.1) is 0 Å². The highest BCUT2D eigenvalue weighted by molar-refractivity contribution is 7.07. The smallest absolute Gasteiger partial charge is 0.250 e. The summed E-state index contributed by atoms with van der Waals surface area (Å²) in [4.78, 5) is 18.3. The number of rotatable bonds is 8. The zero-order valence-electron chi connectivity index (χ0n) is 22.4. The summed E-state index contributed by atoms with van der Waals surface area (Å²) < 4.78 is 2.13. The molecule has 4 heterocycles. The van der Waals surface area contributed by atoms with Crippen LogP contribution in [0.1, 0.15) is 29.5 Å². The summed E-state index contributed by atoms with van der Waals surface area (Å²) in [5, 5.41) is 8.81. The van der Waals surface area contributed by atoms with Crippen molar-refractivity contribution in [2.45, 2.75) is 44.3 Å². The van der Waals surface area contributed by atoms with Gasteiger partial charge in [0.05, 0.1) is 17.9 Å². The van der Waals surface area contributed by atoms with Gasteiger partial charge in [0, 0.05) is 54.5 Å². The van der Waals surface area contributed by atoms with Crippen molar-refractivity contribution in [3.05, 3.63) is 107 Å². The zero-order valence-corrected chi connectivity index (χ0v) is 23.2. The molecule has 2 aromatic heterocycles. The number of aryl methyl sites for hydroxylation is 1. The van der Waals surface area contributed by atoms with E-state index in [1.165, 1.54) is 16.5 Å². The SMILES string of the molecule is C=C(NC1Cc2cccc(N3CCCC3=C)c2N(Cc2ccsc2)C1=O)[C@H](N)Cc1cn(C)c2ccccc12. The molecule has 0 bridgehead atoms. The second-order valence-corrected chi connectivity index (χ2v) is 11.5. The Kier molecular flexibility index (Phi) is 6.79. The van der Waals surface area contributed by atoms with Crippen LogP contribution in [0.5, 0.6) is 0 Å². The Morgan fingerprint density at radius 2 is 2.05 bits per heavy atom. The van der Waals surface area contributed by atoms with Gasteiger partial charge < -0.3 is 25.4 Å². The molecule has 4 aromatic rings. The molecule has 1 amide bonds. The summed E-state index contributed by atoms with van der Waals surface area (Å²) >= 11 is 1.65. The molecule has 2 atom stereocenters. The molecule has 0 saturated carbocycles. The predicted molar refractivity (Wildman–Crippen MR) is 162 cm³/mol. The number of hydrogen-bond donors (Lipinski definition) is 2. The van der Waals surface area contributed by atoms with Crippen molar-refractivity contribution in [3.8, 4) is 0 Å². The van der Waals surface area contributed by atoms with Crippen LogP contribution >= 0.6 is 11.3 Å². The van der Waals surface area contributed by atoms with Crippen LogP contribution < -0.4 is 20.9 Å². The van der Waals surface area contributed by atoms with E-state index in [0.717, 1.165) is 47.6 Å². The molecule has 0 aliphatic carbocycles. The van der Waals surface area contributed by atoms with Gasteiger partial charge in [0.15, 0.2) is 0 Å². The van der Waals surface area contributed by atoms with Gasteiger partial charge in [0.25, 0.3) is 0 Å². The van der Waals surface area contributed by atoms with E-state index in [1.54, 1.807) is 11.3 Å². The highest BCUT2D eigenvalue weighted by atomic mass is 32.1. The number of nitrogens with one attached hydrogen (secondary N) is 1. The van der Waals surface area contributed by atoms with Crippen molar-refractivity contribution in [1.29, 1.82) is 0 Å². The van der Waals surface area contributed by atoms with E-state index in [4.69, 9.17) is 5.73 Å². The molecule has 6 nitrogen and oxygen atoms in total. The minimum Gasteiger partial charge on any atom is -0.376 e.